The number of rotatable bonds is 6. The molecule has 4 aromatic rings. The largest absolute Gasteiger partial charge is 0.493 e. The highest BCUT2D eigenvalue weighted by molar-refractivity contribution is 14.1. The third kappa shape index (κ3) is 3.86. The van der Waals surface area contributed by atoms with Crippen LogP contribution in [0.4, 0.5) is 0 Å². The van der Waals surface area contributed by atoms with Crippen molar-refractivity contribution in [3.8, 4) is 11.5 Å². The van der Waals surface area contributed by atoms with Gasteiger partial charge in [0, 0.05) is 11.8 Å². The van der Waals surface area contributed by atoms with Gasteiger partial charge in [0.05, 0.1) is 28.7 Å². The number of hydrogen-bond acceptors (Lipinski definition) is 5. The summed E-state index contributed by atoms with van der Waals surface area (Å²) in [5, 5.41) is 5.54. The Labute approximate surface area is 245 Å². The number of ether oxygens (including phenoxy) is 2. The molecule has 4 aromatic carbocycles. The fourth-order valence-electron chi connectivity index (χ4n) is 6.58. The van der Waals surface area contributed by atoms with Gasteiger partial charge in [-0.1, -0.05) is 78.9 Å². The number of halogens is 1. The summed E-state index contributed by atoms with van der Waals surface area (Å²) in [6.07, 6.45) is 1.56. The summed E-state index contributed by atoms with van der Waals surface area (Å²) >= 11 is 2.20. The number of methoxy groups -OCH3 is 1. The van der Waals surface area contributed by atoms with Crippen molar-refractivity contribution in [3.05, 3.63) is 128 Å². The van der Waals surface area contributed by atoms with E-state index in [1.54, 1.807) is 19.4 Å². The normalized spacial score (nSPS) is 22.3. The first-order valence-corrected chi connectivity index (χ1v) is 14.3. The predicted molar refractivity (Wildman–Crippen MR) is 159 cm³/mol. The Morgan fingerprint density at radius 3 is 1.85 bits per heavy atom. The van der Waals surface area contributed by atoms with Crippen molar-refractivity contribution >= 4 is 40.6 Å². The number of carbonyl (C=O) groups is 2. The van der Waals surface area contributed by atoms with E-state index in [-0.39, 0.29) is 23.7 Å². The Kier molecular flexibility index (Phi) is 6.19. The van der Waals surface area contributed by atoms with Gasteiger partial charge in [-0.3, -0.25) is 9.59 Å². The third-order valence-corrected chi connectivity index (χ3v) is 9.03. The van der Waals surface area contributed by atoms with Gasteiger partial charge in [-0.05, 0) is 68.1 Å². The molecule has 6 nitrogen and oxygen atoms in total. The Hall–Kier alpha value is -3.98. The molecular formula is C33H25IN2O4. The topological polar surface area (TPSA) is 68.2 Å². The van der Waals surface area contributed by atoms with Gasteiger partial charge in [-0.15, -0.1) is 0 Å². The van der Waals surface area contributed by atoms with Gasteiger partial charge in [0.25, 0.3) is 11.8 Å². The molecule has 0 aromatic heterocycles. The van der Waals surface area contributed by atoms with Gasteiger partial charge in [-0.2, -0.15) is 10.1 Å². The van der Waals surface area contributed by atoms with E-state index in [0.29, 0.717) is 23.7 Å². The van der Waals surface area contributed by atoms with Crippen molar-refractivity contribution in [1.29, 1.82) is 0 Å². The third-order valence-electron chi connectivity index (χ3n) is 8.23. The number of carbonyl (C=O) groups excluding carboxylic acids is 2. The number of amides is 2. The molecule has 1 heterocycles. The van der Waals surface area contributed by atoms with Crippen LogP contribution in [0.3, 0.4) is 0 Å². The molecule has 40 heavy (non-hydrogen) atoms. The van der Waals surface area contributed by atoms with E-state index in [1.807, 2.05) is 60.7 Å². The Morgan fingerprint density at radius 2 is 1.32 bits per heavy atom. The van der Waals surface area contributed by atoms with Crippen LogP contribution in [0.1, 0.15) is 45.2 Å². The Bertz CT molecular complexity index is 1570. The SMILES string of the molecule is COc1cc(/C=N\N2C(=O)[C@@H]3C4c5ccccc5C(c5ccccc54)[C@@H]3C2=O)cc(I)c1OCc1ccccc1. The molecule has 2 atom stereocenters. The number of benzene rings is 4. The fourth-order valence-corrected chi connectivity index (χ4v) is 7.37. The highest BCUT2D eigenvalue weighted by Crippen LogP contribution is 2.61. The molecule has 1 fully saturated rings. The van der Waals surface area contributed by atoms with Gasteiger partial charge < -0.3 is 9.47 Å². The summed E-state index contributed by atoms with van der Waals surface area (Å²) in [6, 6.07) is 30.1. The number of imide groups is 1. The second-order valence-corrected chi connectivity index (χ2v) is 11.5. The van der Waals surface area contributed by atoms with E-state index in [9.17, 15) is 9.59 Å². The van der Waals surface area contributed by atoms with Crippen LogP contribution in [0.25, 0.3) is 0 Å². The van der Waals surface area contributed by atoms with E-state index in [4.69, 9.17) is 9.47 Å². The lowest BCUT2D eigenvalue weighted by Gasteiger charge is -2.45. The van der Waals surface area contributed by atoms with Crippen LogP contribution in [0, 0.1) is 15.4 Å². The standard InChI is InChI=1S/C33H25IN2O4/c1-39-26-16-20(15-25(34)31(26)40-18-19-9-3-2-4-10-19)17-35-36-32(37)29-27-21-11-5-6-12-22(21)28(30(29)33(36)38)24-14-8-7-13-23(24)27/h2-17,27-30H,18H2,1H3/b35-17-/t27?,28?,29-,30+. The summed E-state index contributed by atoms with van der Waals surface area (Å²) in [6.45, 7) is 0.410. The minimum Gasteiger partial charge on any atom is -0.493 e. The van der Waals surface area contributed by atoms with Gasteiger partial charge in [0.2, 0.25) is 0 Å². The summed E-state index contributed by atoms with van der Waals surface area (Å²) in [5.41, 5.74) is 6.33. The lowest BCUT2D eigenvalue weighted by Crippen LogP contribution is -2.41. The van der Waals surface area contributed by atoms with Crippen molar-refractivity contribution in [1.82, 2.24) is 5.01 Å². The lowest BCUT2D eigenvalue weighted by atomic mass is 9.55. The van der Waals surface area contributed by atoms with Crippen LogP contribution in [-0.2, 0) is 16.2 Å². The van der Waals surface area contributed by atoms with E-state index < -0.39 is 11.8 Å². The van der Waals surface area contributed by atoms with Gasteiger partial charge in [0.15, 0.2) is 11.5 Å². The number of hydrogen-bond donors (Lipinski definition) is 0. The summed E-state index contributed by atoms with van der Waals surface area (Å²) in [5.74, 6) is -0.506. The predicted octanol–water partition coefficient (Wildman–Crippen LogP) is 6.10. The van der Waals surface area contributed by atoms with Crippen molar-refractivity contribution in [2.45, 2.75) is 18.4 Å². The zero-order valence-electron chi connectivity index (χ0n) is 21.7. The number of hydrazone groups is 1. The van der Waals surface area contributed by atoms with E-state index in [0.717, 1.165) is 36.4 Å². The molecule has 7 heteroatoms. The van der Waals surface area contributed by atoms with E-state index >= 15 is 0 Å². The summed E-state index contributed by atoms with van der Waals surface area (Å²) < 4.78 is 12.5. The molecular weight excluding hydrogens is 615 g/mol. The van der Waals surface area contributed by atoms with Gasteiger partial charge >= 0.3 is 0 Å². The lowest BCUT2D eigenvalue weighted by molar-refractivity contribution is -0.139. The molecule has 2 amide bonds. The molecule has 0 unspecified atom stereocenters. The first kappa shape index (κ1) is 25.0. The summed E-state index contributed by atoms with van der Waals surface area (Å²) in [7, 11) is 1.59. The average Bonchev–Trinajstić information content (AvgIpc) is 3.25. The van der Waals surface area contributed by atoms with E-state index in [1.165, 1.54) is 0 Å². The zero-order valence-corrected chi connectivity index (χ0v) is 23.8. The molecule has 198 valence electrons. The second kappa shape index (κ2) is 9.89. The minimum absolute atomic E-state index is 0.152. The molecule has 0 radical (unpaired) electrons. The maximum absolute atomic E-state index is 13.8. The molecule has 3 aliphatic carbocycles. The van der Waals surface area contributed by atoms with Crippen LogP contribution in [0.2, 0.25) is 0 Å². The molecule has 1 saturated heterocycles. The maximum Gasteiger partial charge on any atom is 0.254 e. The molecule has 0 N–H and O–H groups in total. The average molecular weight is 640 g/mol. The second-order valence-electron chi connectivity index (χ2n) is 10.3. The van der Waals surface area contributed by atoms with Crippen LogP contribution in [0.5, 0.6) is 11.5 Å². The number of nitrogens with zero attached hydrogens (tertiary/aromatic N) is 2. The van der Waals surface area contributed by atoms with Crippen molar-refractivity contribution in [3.63, 3.8) is 0 Å². The van der Waals surface area contributed by atoms with Crippen LogP contribution >= 0.6 is 22.6 Å². The fraction of sp³-hybridized carbons (Fsp3) is 0.182. The van der Waals surface area contributed by atoms with Crippen molar-refractivity contribution in [2.75, 3.05) is 7.11 Å². The smallest absolute Gasteiger partial charge is 0.254 e. The Morgan fingerprint density at radius 1 is 0.800 bits per heavy atom. The maximum atomic E-state index is 13.8. The van der Waals surface area contributed by atoms with Crippen LogP contribution in [0.15, 0.2) is 96.1 Å². The first-order valence-electron chi connectivity index (χ1n) is 13.2. The molecule has 4 aliphatic rings. The van der Waals surface area contributed by atoms with Crippen molar-refractivity contribution in [2.24, 2.45) is 16.9 Å². The minimum atomic E-state index is -0.456. The molecule has 0 spiro atoms. The molecule has 1 aliphatic heterocycles. The molecule has 8 rings (SSSR count). The van der Waals surface area contributed by atoms with Crippen molar-refractivity contribution < 1.29 is 19.1 Å². The van der Waals surface area contributed by atoms with Gasteiger partial charge in [0.1, 0.15) is 6.61 Å². The highest BCUT2D eigenvalue weighted by atomic mass is 127. The molecule has 0 saturated carbocycles. The highest BCUT2D eigenvalue weighted by Gasteiger charge is 2.61. The Balaban J connectivity index is 1.18. The van der Waals surface area contributed by atoms with Crippen LogP contribution in [-0.4, -0.2) is 30.1 Å². The monoisotopic (exact) mass is 640 g/mol. The molecule has 2 bridgehead atoms. The van der Waals surface area contributed by atoms with Gasteiger partial charge in [-0.25, -0.2) is 0 Å². The zero-order chi connectivity index (χ0) is 27.4. The van der Waals surface area contributed by atoms with E-state index in [2.05, 4.69) is 52.0 Å². The van der Waals surface area contributed by atoms with Crippen LogP contribution < -0.4 is 9.47 Å². The quantitative estimate of drug-likeness (QED) is 0.145. The summed E-state index contributed by atoms with van der Waals surface area (Å²) in [4.78, 5) is 27.6. The first-order chi connectivity index (χ1) is 19.6.